The molecule has 0 atom stereocenters. The van der Waals surface area contributed by atoms with Crippen molar-refractivity contribution in [2.75, 3.05) is 5.73 Å². The van der Waals surface area contributed by atoms with Crippen LogP contribution in [-0.4, -0.2) is 10.2 Å². The Labute approximate surface area is 114 Å². The molecular weight excluding hydrogens is 297 g/mol. The Morgan fingerprint density at radius 2 is 2.11 bits per heavy atom. The zero-order valence-electron chi connectivity index (χ0n) is 10.3. The summed E-state index contributed by atoms with van der Waals surface area (Å²) in [6, 6.07) is 4.74. The molecule has 0 saturated heterocycles. The van der Waals surface area contributed by atoms with Gasteiger partial charge in [-0.3, -0.25) is 5.10 Å². The highest BCUT2D eigenvalue weighted by atomic mass is 79.9. The van der Waals surface area contributed by atoms with Gasteiger partial charge in [0.1, 0.15) is 11.6 Å². The molecule has 0 spiro atoms. The highest BCUT2D eigenvalue weighted by Crippen LogP contribution is 2.30. The van der Waals surface area contributed by atoms with E-state index in [2.05, 4.69) is 40.0 Å². The van der Waals surface area contributed by atoms with Gasteiger partial charge in [-0.2, -0.15) is 5.10 Å². The van der Waals surface area contributed by atoms with Crippen LogP contribution in [0.1, 0.15) is 19.4 Å². The minimum Gasteiger partial charge on any atom is -0.382 e. The lowest BCUT2D eigenvalue weighted by Crippen LogP contribution is -1.99. The van der Waals surface area contributed by atoms with Crippen molar-refractivity contribution in [3.63, 3.8) is 0 Å². The molecule has 0 aliphatic heterocycles. The second kappa shape index (κ2) is 5.10. The third-order valence-electron chi connectivity index (χ3n) is 2.66. The lowest BCUT2D eigenvalue weighted by Gasteiger charge is -2.07. The van der Waals surface area contributed by atoms with Gasteiger partial charge in [-0.25, -0.2) is 4.39 Å². The number of nitrogen functional groups attached to an aromatic ring is 1. The fourth-order valence-corrected chi connectivity index (χ4v) is 2.40. The van der Waals surface area contributed by atoms with Crippen LogP contribution in [0.2, 0.25) is 0 Å². The Morgan fingerprint density at radius 1 is 1.39 bits per heavy atom. The molecule has 3 N–H and O–H groups in total. The van der Waals surface area contributed by atoms with Gasteiger partial charge < -0.3 is 5.73 Å². The molecule has 0 fully saturated rings. The van der Waals surface area contributed by atoms with Crippen molar-refractivity contribution < 1.29 is 4.39 Å². The van der Waals surface area contributed by atoms with Crippen molar-refractivity contribution in [3.8, 4) is 11.3 Å². The van der Waals surface area contributed by atoms with Crippen LogP contribution >= 0.6 is 15.9 Å². The molecule has 1 aromatic carbocycles. The predicted octanol–water partition coefficient (Wildman–Crippen LogP) is 3.76. The van der Waals surface area contributed by atoms with E-state index in [0.29, 0.717) is 16.2 Å². The summed E-state index contributed by atoms with van der Waals surface area (Å²) < 4.78 is 14.1. The number of benzene rings is 1. The monoisotopic (exact) mass is 311 g/mol. The highest BCUT2D eigenvalue weighted by molar-refractivity contribution is 9.10. The molecule has 0 saturated carbocycles. The second-order valence-electron chi connectivity index (χ2n) is 4.72. The fraction of sp³-hybridized carbons (Fsp3) is 0.308. The number of aromatic amines is 1. The van der Waals surface area contributed by atoms with Gasteiger partial charge >= 0.3 is 0 Å². The number of nitrogens with two attached hydrogens (primary N) is 1. The summed E-state index contributed by atoms with van der Waals surface area (Å²) in [4.78, 5) is 0. The third-order valence-corrected chi connectivity index (χ3v) is 3.12. The molecule has 18 heavy (non-hydrogen) atoms. The first kappa shape index (κ1) is 13.1. The first-order valence-electron chi connectivity index (χ1n) is 5.76. The van der Waals surface area contributed by atoms with Crippen LogP contribution in [0.5, 0.6) is 0 Å². The van der Waals surface area contributed by atoms with E-state index in [1.54, 1.807) is 0 Å². The van der Waals surface area contributed by atoms with Crippen LogP contribution in [0.3, 0.4) is 0 Å². The summed E-state index contributed by atoms with van der Waals surface area (Å²) in [7, 11) is 0. The number of aromatic nitrogens is 2. The molecule has 0 aliphatic carbocycles. The summed E-state index contributed by atoms with van der Waals surface area (Å²) in [5.74, 6) is 0.655. The predicted molar refractivity (Wildman–Crippen MR) is 74.6 cm³/mol. The van der Waals surface area contributed by atoms with Crippen LogP contribution in [0.4, 0.5) is 10.2 Å². The summed E-state index contributed by atoms with van der Waals surface area (Å²) >= 11 is 3.29. The van der Waals surface area contributed by atoms with Gasteiger partial charge in [0.05, 0.1) is 5.69 Å². The Balaban J connectivity index is 2.50. The van der Waals surface area contributed by atoms with E-state index in [9.17, 15) is 4.39 Å². The Hall–Kier alpha value is -1.36. The average molecular weight is 312 g/mol. The topological polar surface area (TPSA) is 54.7 Å². The van der Waals surface area contributed by atoms with Crippen molar-refractivity contribution >= 4 is 21.7 Å². The van der Waals surface area contributed by atoms with E-state index < -0.39 is 0 Å². The average Bonchev–Trinajstić information content (AvgIpc) is 2.58. The van der Waals surface area contributed by atoms with Crippen LogP contribution in [0.25, 0.3) is 11.3 Å². The Kier molecular flexibility index (Phi) is 3.71. The number of nitrogens with zero attached hydrogens (tertiary/aromatic N) is 1. The maximum atomic E-state index is 13.4. The second-order valence-corrected chi connectivity index (χ2v) is 5.63. The van der Waals surface area contributed by atoms with Crippen LogP contribution in [0, 0.1) is 11.7 Å². The molecule has 0 aliphatic rings. The molecule has 2 aromatic rings. The van der Waals surface area contributed by atoms with Crippen molar-refractivity contribution in [1.82, 2.24) is 10.2 Å². The Morgan fingerprint density at radius 3 is 2.72 bits per heavy atom. The number of hydrogen-bond donors (Lipinski definition) is 2. The lowest BCUT2D eigenvalue weighted by atomic mass is 9.99. The standard InChI is InChI=1S/C13H15BrFN3/c1-7(2)3-11-12(17-18-13(11)16)8-4-9(14)6-10(15)5-8/h4-7H,3H2,1-2H3,(H3,16,17,18). The molecule has 3 nitrogen and oxygen atoms in total. The molecule has 1 aromatic heterocycles. The molecule has 0 unspecified atom stereocenters. The van der Waals surface area contributed by atoms with Crippen molar-refractivity contribution in [2.24, 2.45) is 5.92 Å². The van der Waals surface area contributed by atoms with E-state index in [4.69, 9.17) is 5.73 Å². The first-order chi connectivity index (χ1) is 8.47. The maximum absolute atomic E-state index is 13.4. The highest BCUT2D eigenvalue weighted by Gasteiger charge is 2.15. The van der Waals surface area contributed by atoms with Crippen LogP contribution in [0.15, 0.2) is 22.7 Å². The molecule has 2 rings (SSSR count). The molecule has 0 amide bonds. The van der Waals surface area contributed by atoms with Gasteiger partial charge in [0.2, 0.25) is 0 Å². The molecule has 5 heteroatoms. The zero-order valence-corrected chi connectivity index (χ0v) is 11.9. The lowest BCUT2D eigenvalue weighted by molar-refractivity contribution is 0.627. The van der Waals surface area contributed by atoms with E-state index in [-0.39, 0.29) is 5.82 Å². The minimum atomic E-state index is -0.289. The molecule has 0 bridgehead atoms. The maximum Gasteiger partial charge on any atom is 0.149 e. The van der Waals surface area contributed by atoms with Crippen molar-refractivity contribution in [2.45, 2.75) is 20.3 Å². The fourth-order valence-electron chi connectivity index (χ4n) is 1.93. The first-order valence-corrected chi connectivity index (χ1v) is 6.56. The van der Waals surface area contributed by atoms with Gasteiger partial charge in [-0.05, 0) is 30.5 Å². The smallest absolute Gasteiger partial charge is 0.149 e. The van der Waals surface area contributed by atoms with E-state index >= 15 is 0 Å². The van der Waals surface area contributed by atoms with Gasteiger partial charge in [0, 0.05) is 15.6 Å². The molecule has 1 heterocycles. The van der Waals surface area contributed by atoms with Crippen LogP contribution in [-0.2, 0) is 6.42 Å². The molecular formula is C13H15BrFN3. The van der Waals surface area contributed by atoms with Gasteiger partial charge in [-0.15, -0.1) is 0 Å². The Bertz CT molecular complexity index is 543. The number of H-pyrrole nitrogens is 1. The number of rotatable bonds is 3. The zero-order chi connectivity index (χ0) is 13.3. The van der Waals surface area contributed by atoms with Gasteiger partial charge in [0.25, 0.3) is 0 Å². The molecule has 0 radical (unpaired) electrons. The largest absolute Gasteiger partial charge is 0.382 e. The van der Waals surface area contributed by atoms with Gasteiger partial charge in [0.15, 0.2) is 0 Å². The number of hydrogen-bond acceptors (Lipinski definition) is 2. The number of anilines is 1. The molecule has 96 valence electrons. The minimum absolute atomic E-state index is 0.289. The summed E-state index contributed by atoms with van der Waals surface area (Å²) in [5.41, 5.74) is 8.35. The third kappa shape index (κ3) is 2.72. The SMILES string of the molecule is CC(C)Cc1c(N)n[nH]c1-c1cc(F)cc(Br)c1. The van der Waals surface area contributed by atoms with Crippen molar-refractivity contribution in [1.29, 1.82) is 0 Å². The summed E-state index contributed by atoms with van der Waals surface area (Å²) in [6.07, 6.45) is 0.811. The van der Waals surface area contributed by atoms with E-state index in [0.717, 1.165) is 23.2 Å². The van der Waals surface area contributed by atoms with Gasteiger partial charge in [-0.1, -0.05) is 29.8 Å². The normalized spacial score (nSPS) is 11.2. The summed E-state index contributed by atoms with van der Waals surface area (Å²) in [5, 5.41) is 6.91. The number of halogens is 2. The van der Waals surface area contributed by atoms with E-state index in [1.165, 1.54) is 12.1 Å². The van der Waals surface area contributed by atoms with Crippen LogP contribution < -0.4 is 5.73 Å². The van der Waals surface area contributed by atoms with Crippen molar-refractivity contribution in [3.05, 3.63) is 34.1 Å². The van der Waals surface area contributed by atoms with E-state index in [1.807, 2.05) is 6.07 Å². The summed E-state index contributed by atoms with van der Waals surface area (Å²) in [6.45, 7) is 4.22. The quantitative estimate of drug-likeness (QED) is 0.906. The number of nitrogens with one attached hydrogen (secondary N) is 1.